The Morgan fingerprint density at radius 3 is 2.44 bits per heavy atom. The Labute approximate surface area is 97.2 Å². The third-order valence-electron chi connectivity index (χ3n) is 2.94. The van der Waals surface area contributed by atoms with Crippen molar-refractivity contribution < 1.29 is 0 Å². The van der Waals surface area contributed by atoms with Crippen molar-refractivity contribution in [3.8, 4) is 11.3 Å². The Kier molecular flexibility index (Phi) is 3.04. The third kappa shape index (κ3) is 1.99. The molecule has 0 aliphatic carbocycles. The molecule has 0 N–H and O–H groups in total. The molecular weight excluding hydrogens is 194 g/mol. The fourth-order valence-electron chi connectivity index (χ4n) is 2.08. The van der Waals surface area contributed by atoms with Crippen LogP contribution in [0.4, 0.5) is 0 Å². The van der Waals surface area contributed by atoms with E-state index in [-0.39, 0.29) is 0 Å². The molecule has 0 saturated heterocycles. The van der Waals surface area contributed by atoms with Gasteiger partial charge in [-0.15, -0.1) is 0 Å². The maximum absolute atomic E-state index is 4.41. The summed E-state index contributed by atoms with van der Waals surface area (Å²) in [6.45, 7) is 6.63. The third-order valence-corrected chi connectivity index (χ3v) is 2.94. The van der Waals surface area contributed by atoms with Crippen LogP contribution in [0.1, 0.15) is 30.9 Å². The van der Waals surface area contributed by atoms with Gasteiger partial charge in [-0.2, -0.15) is 0 Å². The topological polar surface area (TPSA) is 12.9 Å². The molecule has 0 radical (unpaired) electrons. The average molecular weight is 211 g/mol. The first-order valence-electron chi connectivity index (χ1n) is 5.71. The number of benzene rings is 1. The van der Waals surface area contributed by atoms with E-state index in [2.05, 4.69) is 50.0 Å². The molecule has 16 heavy (non-hydrogen) atoms. The van der Waals surface area contributed by atoms with E-state index in [0.717, 1.165) is 5.69 Å². The summed E-state index contributed by atoms with van der Waals surface area (Å²) in [6.07, 6.45) is 1.84. The van der Waals surface area contributed by atoms with Gasteiger partial charge in [0.15, 0.2) is 0 Å². The van der Waals surface area contributed by atoms with E-state index in [1.807, 2.05) is 18.3 Å². The molecule has 0 fully saturated rings. The van der Waals surface area contributed by atoms with Crippen molar-refractivity contribution in [2.24, 2.45) is 0 Å². The highest BCUT2D eigenvalue weighted by molar-refractivity contribution is 5.65. The number of hydrogen-bond acceptors (Lipinski definition) is 1. The minimum absolute atomic E-state index is 0.559. The average Bonchev–Trinajstić information content (AvgIpc) is 2.30. The van der Waals surface area contributed by atoms with Gasteiger partial charge in [0.2, 0.25) is 0 Å². The molecule has 0 atom stereocenters. The van der Waals surface area contributed by atoms with Gasteiger partial charge in [0, 0.05) is 11.8 Å². The first kappa shape index (κ1) is 10.9. The highest BCUT2D eigenvalue weighted by atomic mass is 14.7. The second-order valence-corrected chi connectivity index (χ2v) is 4.39. The fourth-order valence-corrected chi connectivity index (χ4v) is 2.08. The van der Waals surface area contributed by atoms with Crippen molar-refractivity contribution in [3.63, 3.8) is 0 Å². The standard InChI is InChI=1S/C15H17N/c1-11(2)13-7-6-8-14(12(13)3)15-9-4-5-10-16-15/h4-11H,1-3H3. The molecule has 1 aromatic heterocycles. The van der Waals surface area contributed by atoms with Crippen LogP contribution in [0.25, 0.3) is 11.3 Å². The van der Waals surface area contributed by atoms with E-state index in [9.17, 15) is 0 Å². The van der Waals surface area contributed by atoms with E-state index >= 15 is 0 Å². The molecule has 0 aliphatic heterocycles. The van der Waals surface area contributed by atoms with Crippen LogP contribution in [0.3, 0.4) is 0 Å². The van der Waals surface area contributed by atoms with Gasteiger partial charge in [-0.05, 0) is 36.1 Å². The maximum atomic E-state index is 4.41. The molecule has 2 rings (SSSR count). The summed E-state index contributed by atoms with van der Waals surface area (Å²) in [6, 6.07) is 12.5. The lowest BCUT2D eigenvalue weighted by atomic mass is 9.93. The number of rotatable bonds is 2. The molecule has 0 saturated carbocycles. The minimum Gasteiger partial charge on any atom is -0.256 e. The van der Waals surface area contributed by atoms with Gasteiger partial charge in [-0.25, -0.2) is 0 Å². The fraction of sp³-hybridized carbons (Fsp3) is 0.267. The van der Waals surface area contributed by atoms with Gasteiger partial charge in [-0.1, -0.05) is 38.1 Å². The van der Waals surface area contributed by atoms with Crippen molar-refractivity contribution in [2.45, 2.75) is 26.7 Å². The Morgan fingerprint density at radius 2 is 1.81 bits per heavy atom. The lowest BCUT2D eigenvalue weighted by molar-refractivity contribution is 0.857. The molecule has 0 bridgehead atoms. The van der Waals surface area contributed by atoms with Gasteiger partial charge in [0.05, 0.1) is 5.69 Å². The summed E-state index contributed by atoms with van der Waals surface area (Å²) in [7, 11) is 0. The molecule has 82 valence electrons. The minimum atomic E-state index is 0.559. The molecule has 1 aromatic carbocycles. The lowest BCUT2D eigenvalue weighted by Gasteiger charge is -2.13. The van der Waals surface area contributed by atoms with Crippen LogP contribution in [0, 0.1) is 6.92 Å². The Morgan fingerprint density at radius 1 is 1.00 bits per heavy atom. The summed E-state index contributed by atoms with van der Waals surface area (Å²) in [5, 5.41) is 0. The van der Waals surface area contributed by atoms with E-state index in [1.54, 1.807) is 0 Å². The molecule has 1 heteroatoms. The van der Waals surface area contributed by atoms with Crippen molar-refractivity contribution in [1.82, 2.24) is 4.98 Å². The number of nitrogens with zero attached hydrogens (tertiary/aromatic N) is 1. The van der Waals surface area contributed by atoms with E-state index in [4.69, 9.17) is 0 Å². The molecular formula is C15H17N. The van der Waals surface area contributed by atoms with Gasteiger partial charge in [-0.3, -0.25) is 4.98 Å². The SMILES string of the molecule is Cc1c(-c2ccccn2)cccc1C(C)C. The van der Waals surface area contributed by atoms with Crippen LogP contribution in [0.5, 0.6) is 0 Å². The summed E-state index contributed by atoms with van der Waals surface area (Å²) in [4.78, 5) is 4.41. The highest BCUT2D eigenvalue weighted by Crippen LogP contribution is 2.27. The van der Waals surface area contributed by atoms with Crippen molar-refractivity contribution >= 4 is 0 Å². The molecule has 2 aromatic rings. The molecule has 0 spiro atoms. The smallest absolute Gasteiger partial charge is 0.0704 e. The highest BCUT2D eigenvalue weighted by Gasteiger charge is 2.08. The van der Waals surface area contributed by atoms with Gasteiger partial charge in [0.1, 0.15) is 0 Å². The second kappa shape index (κ2) is 4.48. The van der Waals surface area contributed by atoms with E-state index < -0.39 is 0 Å². The van der Waals surface area contributed by atoms with Crippen molar-refractivity contribution in [2.75, 3.05) is 0 Å². The Hall–Kier alpha value is -1.63. The number of pyridine rings is 1. The summed E-state index contributed by atoms with van der Waals surface area (Å²) in [5.74, 6) is 0.559. The van der Waals surface area contributed by atoms with Crippen LogP contribution in [0.2, 0.25) is 0 Å². The second-order valence-electron chi connectivity index (χ2n) is 4.39. The van der Waals surface area contributed by atoms with Crippen LogP contribution in [0.15, 0.2) is 42.6 Å². The Balaban J connectivity index is 2.55. The summed E-state index contributed by atoms with van der Waals surface area (Å²) in [5.41, 5.74) is 5.05. The number of aromatic nitrogens is 1. The first-order valence-corrected chi connectivity index (χ1v) is 5.71. The van der Waals surface area contributed by atoms with Crippen LogP contribution < -0.4 is 0 Å². The summed E-state index contributed by atoms with van der Waals surface area (Å²) >= 11 is 0. The van der Waals surface area contributed by atoms with E-state index in [1.165, 1.54) is 16.7 Å². The van der Waals surface area contributed by atoms with Gasteiger partial charge in [0.25, 0.3) is 0 Å². The predicted molar refractivity (Wildman–Crippen MR) is 68.5 cm³/mol. The monoisotopic (exact) mass is 211 g/mol. The largest absolute Gasteiger partial charge is 0.256 e. The zero-order valence-electron chi connectivity index (χ0n) is 10.1. The predicted octanol–water partition coefficient (Wildman–Crippen LogP) is 4.18. The normalized spacial score (nSPS) is 10.8. The molecule has 0 aliphatic rings. The summed E-state index contributed by atoms with van der Waals surface area (Å²) < 4.78 is 0. The zero-order valence-corrected chi connectivity index (χ0v) is 10.1. The molecule has 1 nitrogen and oxygen atoms in total. The molecule has 0 amide bonds. The van der Waals surface area contributed by atoms with Crippen LogP contribution >= 0.6 is 0 Å². The zero-order chi connectivity index (χ0) is 11.5. The Bertz CT molecular complexity index is 472. The van der Waals surface area contributed by atoms with Gasteiger partial charge < -0.3 is 0 Å². The quantitative estimate of drug-likeness (QED) is 0.726. The van der Waals surface area contributed by atoms with E-state index in [0.29, 0.717) is 5.92 Å². The molecule has 1 heterocycles. The van der Waals surface area contributed by atoms with Crippen LogP contribution in [-0.4, -0.2) is 4.98 Å². The van der Waals surface area contributed by atoms with Crippen molar-refractivity contribution in [3.05, 3.63) is 53.7 Å². The van der Waals surface area contributed by atoms with Gasteiger partial charge >= 0.3 is 0 Å². The molecule has 0 unspecified atom stereocenters. The maximum Gasteiger partial charge on any atom is 0.0704 e. The lowest BCUT2D eigenvalue weighted by Crippen LogP contribution is -1.95. The number of hydrogen-bond donors (Lipinski definition) is 0. The van der Waals surface area contributed by atoms with Crippen molar-refractivity contribution in [1.29, 1.82) is 0 Å². The first-order chi connectivity index (χ1) is 7.70. The van der Waals surface area contributed by atoms with Crippen LogP contribution in [-0.2, 0) is 0 Å².